The number of hydrogen-bond acceptors (Lipinski definition) is 0. The second-order valence-corrected chi connectivity index (χ2v) is 8.72. The van der Waals surface area contributed by atoms with Crippen LogP contribution in [0, 0.1) is 0 Å². The topological polar surface area (TPSA) is 3.88 Å². The molecule has 1 heterocycles. The minimum absolute atomic E-state index is 0.306. The van der Waals surface area contributed by atoms with Gasteiger partial charge in [-0.15, -0.1) is 0 Å². The van der Waals surface area contributed by atoms with Crippen molar-refractivity contribution in [3.8, 4) is 0 Å². The van der Waals surface area contributed by atoms with E-state index in [-0.39, 0.29) is 0 Å². The smallest absolute Gasteiger partial charge is 0.212 e. The van der Waals surface area contributed by atoms with Crippen LogP contribution in [-0.2, 0) is 13.5 Å². The van der Waals surface area contributed by atoms with E-state index in [2.05, 4.69) is 124 Å². The number of para-hydroxylation sites is 1. The first-order valence-electron chi connectivity index (χ1n) is 10.3. The van der Waals surface area contributed by atoms with Gasteiger partial charge in [0.25, 0.3) is 0 Å². The Morgan fingerprint density at radius 1 is 0.724 bits per heavy atom. The molecule has 0 radical (unpaired) electrons. The van der Waals surface area contributed by atoms with Crippen molar-refractivity contribution >= 4 is 16.6 Å². The van der Waals surface area contributed by atoms with Gasteiger partial charge in [-0.1, -0.05) is 54.6 Å². The molecule has 4 aromatic rings. The van der Waals surface area contributed by atoms with E-state index < -0.39 is 0 Å². The number of rotatable bonds is 5. The van der Waals surface area contributed by atoms with Crippen molar-refractivity contribution in [2.75, 3.05) is 21.1 Å². The average Bonchev–Trinajstić information content (AvgIpc) is 2.73. The zero-order valence-electron chi connectivity index (χ0n) is 17.8. The summed E-state index contributed by atoms with van der Waals surface area (Å²) in [5.74, 6) is 0.306. The van der Waals surface area contributed by atoms with E-state index in [9.17, 15) is 0 Å². The molecule has 0 aliphatic rings. The number of aryl methyl sites for hydroxylation is 1. The van der Waals surface area contributed by atoms with Gasteiger partial charge in [0, 0.05) is 17.5 Å². The van der Waals surface area contributed by atoms with Gasteiger partial charge in [-0.2, -0.15) is 4.57 Å². The highest BCUT2D eigenvalue weighted by Gasteiger charge is 2.24. The molecule has 0 bridgehead atoms. The molecule has 0 amide bonds. The molecular weight excluding hydrogens is 352 g/mol. The van der Waals surface area contributed by atoms with E-state index in [1.165, 1.54) is 33.4 Å². The number of pyridine rings is 1. The highest BCUT2D eigenvalue weighted by molar-refractivity contribution is 5.75. The largest absolute Gasteiger partial charge is 0.298 e. The molecule has 0 saturated carbocycles. The van der Waals surface area contributed by atoms with Crippen LogP contribution in [0.4, 0.5) is 5.69 Å². The fraction of sp³-hybridized carbons (Fsp3) is 0.222. The second kappa shape index (κ2) is 7.81. The number of nitrogens with zero attached hydrogens (tertiary/aromatic N) is 2. The van der Waals surface area contributed by atoms with Gasteiger partial charge in [-0.25, -0.2) is 0 Å². The average molecular weight is 383 g/mol. The molecule has 4 rings (SSSR count). The van der Waals surface area contributed by atoms with Crippen molar-refractivity contribution in [1.82, 2.24) is 4.48 Å². The van der Waals surface area contributed by atoms with E-state index in [4.69, 9.17) is 0 Å². The van der Waals surface area contributed by atoms with Crippen LogP contribution < -0.4 is 9.05 Å². The lowest BCUT2D eigenvalue weighted by molar-refractivity contribution is -0.653. The summed E-state index contributed by atoms with van der Waals surface area (Å²) in [7, 11) is 8.80. The van der Waals surface area contributed by atoms with Crippen molar-refractivity contribution in [1.29, 1.82) is 0 Å². The quantitative estimate of drug-likeness (QED) is 0.328. The fourth-order valence-electron chi connectivity index (χ4n) is 4.10. The van der Waals surface area contributed by atoms with E-state index in [0.29, 0.717) is 5.92 Å². The molecule has 0 fully saturated rings. The molecule has 0 N–H and O–H groups in total. The lowest BCUT2D eigenvalue weighted by Gasteiger charge is -2.23. The fourth-order valence-corrected chi connectivity index (χ4v) is 4.10. The highest BCUT2D eigenvalue weighted by atomic mass is 15.3. The minimum atomic E-state index is 0.306. The Hall–Kier alpha value is -2.97. The molecule has 1 atom stereocenters. The Balaban J connectivity index is 1.77. The van der Waals surface area contributed by atoms with Gasteiger partial charge in [0.1, 0.15) is 12.7 Å². The van der Waals surface area contributed by atoms with Crippen LogP contribution >= 0.6 is 0 Å². The van der Waals surface area contributed by atoms with Gasteiger partial charge >= 0.3 is 0 Å². The van der Waals surface area contributed by atoms with E-state index in [1.807, 2.05) is 0 Å². The monoisotopic (exact) mass is 382 g/mol. The number of aromatic nitrogens is 1. The van der Waals surface area contributed by atoms with Gasteiger partial charge in [0.2, 0.25) is 5.52 Å². The van der Waals surface area contributed by atoms with E-state index >= 15 is 0 Å². The third kappa shape index (κ3) is 4.08. The van der Waals surface area contributed by atoms with Gasteiger partial charge in [0.05, 0.1) is 27.1 Å². The second-order valence-electron chi connectivity index (χ2n) is 8.72. The maximum absolute atomic E-state index is 2.35. The Bertz CT molecular complexity index is 1110. The number of benzene rings is 3. The van der Waals surface area contributed by atoms with Crippen molar-refractivity contribution in [3.05, 3.63) is 108 Å². The summed E-state index contributed by atoms with van der Waals surface area (Å²) in [6.07, 6.45) is 0.980. The SMILES string of the molecule is C[n+]1c(C(Cc2ccc([N+](C)(C)C)cc2)c2ccccc2)ccc2ccccc21. The number of quaternary nitrogens is 1. The van der Waals surface area contributed by atoms with Crippen LogP contribution in [0.15, 0.2) is 91.0 Å². The van der Waals surface area contributed by atoms with E-state index in [0.717, 1.165) is 10.9 Å². The van der Waals surface area contributed by atoms with E-state index in [1.54, 1.807) is 0 Å². The summed E-state index contributed by atoms with van der Waals surface area (Å²) < 4.78 is 3.19. The third-order valence-electron chi connectivity index (χ3n) is 5.83. The first kappa shape index (κ1) is 19.4. The molecule has 29 heavy (non-hydrogen) atoms. The zero-order chi connectivity index (χ0) is 20.4. The van der Waals surface area contributed by atoms with Crippen LogP contribution in [0.3, 0.4) is 0 Å². The molecule has 146 valence electrons. The predicted octanol–water partition coefficient (Wildman–Crippen LogP) is 5.24. The Labute approximate surface area is 174 Å². The van der Waals surface area contributed by atoms with Gasteiger partial charge in [0.15, 0.2) is 5.69 Å². The van der Waals surface area contributed by atoms with Gasteiger partial charge in [-0.05, 0) is 41.8 Å². The van der Waals surface area contributed by atoms with Crippen molar-refractivity contribution in [2.45, 2.75) is 12.3 Å². The van der Waals surface area contributed by atoms with Crippen LogP contribution in [0.1, 0.15) is 22.7 Å². The maximum atomic E-state index is 2.35. The lowest BCUT2D eigenvalue weighted by Crippen LogP contribution is -2.36. The number of fused-ring (bicyclic) bond motifs is 1. The molecule has 1 unspecified atom stereocenters. The molecule has 0 spiro atoms. The molecule has 0 aliphatic carbocycles. The molecule has 0 aliphatic heterocycles. The third-order valence-corrected chi connectivity index (χ3v) is 5.83. The summed E-state index contributed by atoms with van der Waals surface area (Å²) in [5.41, 5.74) is 6.65. The maximum Gasteiger partial charge on any atom is 0.212 e. The van der Waals surface area contributed by atoms with Crippen LogP contribution in [0.5, 0.6) is 0 Å². The first-order chi connectivity index (χ1) is 13.9. The molecular formula is C27H30N2+2. The molecule has 2 heteroatoms. The summed E-state index contributed by atoms with van der Waals surface area (Å²) in [6.45, 7) is 0. The van der Waals surface area contributed by atoms with Crippen molar-refractivity contribution in [3.63, 3.8) is 0 Å². The number of hydrogen-bond donors (Lipinski definition) is 0. The summed E-state index contributed by atoms with van der Waals surface area (Å²) in [4.78, 5) is 0. The normalized spacial score (nSPS) is 12.8. The molecule has 1 aromatic heterocycles. The minimum Gasteiger partial charge on any atom is -0.298 e. The standard InChI is InChI=1S/C27H30N2/c1-28-26-13-9-8-12-23(26)16-19-27(28)25(22-10-6-5-7-11-22)20-21-14-17-24(18-15-21)29(2,3)4/h5-19,25H,20H2,1-4H3/q+2. The molecule has 0 saturated heterocycles. The van der Waals surface area contributed by atoms with Gasteiger partial charge < -0.3 is 0 Å². The van der Waals surface area contributed by atoms with Crippen molar-refractivity contribution in [2.24, 2.45) is 7.05 Å². The van der Waals surface area contributed by atoms with Crippen molar-refractivity contribution < 1.29 is 4.57 Å². The Morgan fingerprint density at radius 3 is 2.07 bits per heavy atom. The van der Waals surface area contributed by atoms with Gasteiger partial charge in [-0.3, -0.25) is 4.48 Å². The lowest BCUT2D eigenvalue weighted by atomic mass is 9.88. The Kier molecular flexibility index (Phi) is 5.21. The summed E-state index contributed by atoms with van der Waals surface area (Å²) >= 11 is 0. The van der Waals surface area contributed by atoms with Crippen LogP contribution in [-0.4, -0.2) is 21.1 Å². The van der Waals surface area contributed by atoms with Crippen LogP contribution in [0.2, 0.25) is 0 Å². The zero-order valence-corrected chi connectivity index (χ0v) is 17.8. The predicted molar refractivity (Wildman–Crippen MR) is 123 cm³/mol. The Morgan fingerprint density at radius 2 is 1.38 bits per heavy atom. The van der Waals surface area contributed by atoms with Crippen LogP contribution in [0.25, 0.3) is 10.9 Å². The summed E-state index contributed by atoms with van der Waals surface area (Å²) in [6, 6.07) is 33.1. The molecule has 3 aromatic carbocycles. The first-order valence-corrected chi connectivity index (χ1v) is 10.3. The highest BCUT2D eigenvalue weighted by Crippen LogP contribution is 2.29. The summed E-state index contributed by atoms with van der Waals surface area (Å²) in [5, 5.41) is 1.28. The molecule has 2 nitrogen and oxygen atoms in total.